The van der Waals surface area contributed by atoms with Gasteiger partial charge in [-0.3, -0.25) is 14.9 Å². The van der Waals surface area contributed by atoms with Crippen molar-refractivity contribution < 1.29 is 9.72 Å². The fourth-order valence-corrected chi connectivity index (χ4v) is 3.00. The minimum Gasteiger partial charge on any atom is -0.289 e. The molecule has 3 aromatic rings. The lowest BCUT2D eigenvalue weighted by Gasteiger charge is -2.03. The van der Waals surface area contributed by atoms with Crippen LogP contribution in [-0.4, -0.2) is 20.5 Å². The molecule has 0 fully saturated rings. The van der Waals surface area contributed by atoms with Gasteiger partial charge in [0.2, 0.25) is 0 Å². The normalized spacial score (nSPS) is 11.1. The number of nitro benzene ring substituents is 1. The predicted octanol–water partition coefficient (Wildman–Crippen LogP) is 5.29. The van der Waals surface area contributed by atoms with Crippen LogP contribution in [-0.2, 0) is 0 Å². The zero-order chi connectivity index (χ0) is 19.6. The van der Waals surface area contributed by atoms with Crippen LogP contribution in [0.3, 0.4) is 0 Å². The second-order valence-electron chi connectivity index (χ2n) is 5.68. The Bertz CT molecular complexity index is 1060. The highest BCUT2D eigenvalue weighted by Crippen LogP contribution is 2.26. The molecule has 6 nitrogen and oxygen atoms in total. The molecule has 0 unspecified atom stereocenters. The summed E-state index contributed by atoms with van der Waals surface area (Å²) in [6.07, 6.45) is 2.94. The van der Waals surface area contributed by atoms with Crippen LogP contribution in [0.25, 0.3) is 11.8 Å². The van der Waals surface area contributed by atoms with Crippen molar-refractivity contribution in [1.29, 1.82) is 0 Å². The number of aromatic nitrogens is 2. The fourth-order valence-electron chi connectivity index (χ4n) is 2.48. The van der Waals surface area contributed by atoms with Crippen molar-refractivity contribution in [3.8, 4) is 5.69 Å². The van der Waals surface area contributed by atoms with Crippen molar-refractivity contribution in [3.63, 3.8) is 0 Å². The Kier molecular flexibility index (Phi) is 5.39. The third-order valence-electron chi connectivity index (χ3n) is 3.86. The highest BCUT2D eigenvalue weighted by molar-refractivity contribution is 6.32. The van der Waals surface area contributed by atoms with E-state index in [2.05, 4.69) is 5.10 Å². The van der Waals surface area contributed by atoms with Crippen LogP contribution in [0.4, 0.5) is 5.69 Å². The number of carbonyl (C=O) groups excluding carboxylic acids is 1. The van der Waals surface area contributed by atoms with Gasteiger partial charge >= 0.3 is 0 Å². The Morgan fingerprint density at radius 3 is 2.52 bits per heavy atom. The van der Waals surface area contributed by atoms with Crippen molar-refractivity contribution in [2.75, 3.05) is 0 Å². The second-order valence-corrected chi connectivity index (χ2v) is 6.48. The second kappa shape index (κ2) is 7.73. The van der Waals surface area contributed by atoms with Crippen LogP contribution in [0.15, 0.2) is 54.6 Å². The van der Waals surface area contributed by atoms with Crippen LogP contribution < -0.4 is 0 Å². The summed E-state index contributed by atoms with van der Waals surface area (Å²) in [5.41, 5.74) is 2.22. The van der Waals surface area contributed by atoms with Crippen LogP contribution >= 0.6 is 23.2 Å². The van der Waals surface area contributed by atoms with Gasteiger partial charge in [-0.1, -0.05) is 29.3 Å². The van der Waals surface area contributed by atoms with Crippen LogP contribution in [0.5, 0.6) is 0 Å². The number of nitrogens with zero attached hydrogens (tertiary/aromatic N) is 3. The molecule has 8 heteroatoms. The number of nitro groups is 1. The number of hydrogen-bond donors (Lipinski definition) is 0. The van der Waals surface area contributed by atoms with E-state index in [9.17, 15) is 14.9 Å². The molecule has 0 saturated heterocycles. The number of hydrogen-bond acceptors (Lipinski definition) is 4. The van der Waals surface area contributed by atoms with Gasteiger partial charge in [-0.2, -0.15) is 5.10 Å². The molecular formula is C19H13Cl2N3O3. The third-order valence-corrected chi connectivity index (χ3v) is 4.46. The molecule has 0 saturated carbocycles. The fraction of sp³-hybridized carbons (Fsp3) is 0.0526. The largest absolute Gasteiger partial charge is 0.289 e. The van der Waals surface area contributed by atoms with E-state index in [1.54, 1.807) is 35.9 Å². The monoisotopic (exact) mass is 401 g/mol. The van der Waals surface area contributed by atoms with Gasteiger partial charge in [-0.15, -0.1) is 0 Å². The maximum absolute atomic E-state index is 12.3. The van der Waals surface area contributed by atoms with Gasteiger partial charge in [0.15, 0.2) is 5.78 Å². The minimum absolute atomic E-state index is 0.0720. The first-order valence-electron chi connectivity index (χ1n) is 7.85. The molecule has 2 aromatic carbocycles. The maximum Gasteiger partial charge on any atom is 0.269 e. The summed E-state index contributed by atoms with van der Waals surface area (Å²) in [5, 5.41) is 16.0. The van der Waals surface area contributed by atoms with Crippen molar-refractivity contribution in [2.45, 2.75) is 6.92 Å². The third kappa shape index (κ3) is 4.07. The molecular weight excluding hydrogens is 389 g/mol. The summed E-state index contributed by atoms with van der Waals surface area (Å²) in [6.45, 7) is 1.78. The van der Waals surface area contributed by atoms with Gasteiger partial charge < -0.3 is 0 Å². The summed E-state index contributed by atoms with van der Waals surface area (Å²) >= 11 is 12.4. The molecule has 0 radical (unpaired) electrons. The molecule has 1 heterocycles. The predicted molar refractivity (Wildman–Crippen MR) is 105 cm³/mol. The average Bonchev–Trinajstić information content (AvgIpc) is 2.93. The van der Waals surface area contributed by atoms with Crippen molar-refractivity contribution in [3.05, 3.63) is 91.7 Å². The van der Waals surface area contributed by atoms with Gasteiger partial charge in [-0.05, 0) is 49.4 Å². The van der Waals surface area contributed by atoms with E-state index >= 15 is 0 Å². The van der Waals surface area contributed by atoms with E-state index in [4.69, 9.17) is 23.2 Å². The lowest BCUT2D eigenvalue weighted by Crippen LogP contribution is -1.96. The Balaban J connectivity index is 1.87. The summed E-state index contributed by atoms with van der Waals surface area (Å²) in [5.74, 6) is -0.295. The van der Waals surface area contributed by atoms with Gasteiger partial charge in [0.25, 0.3) is 5.69 Å². The molecule has 0 aliphatic rings. The first-order chi connectivity index (χ1) is 12.9. The minimum atomic E-state index is -0.516. The van der Waals surface area contributed by atoms with Gasteiger partial charge in [0.1, 0.15) is 5.15 Å². The lowest BCUT2D eigenvalue weighted by atomic mass is 10.1. The molecule has 3 rings (SSSR count). The molecule has 0 atom stereocenters. The average molecular weight is 402 g/mol. The van der Waals surface area contributed by atoms with Gasteiger partial charge in [0, 0.05) is 28.3 Å². The molecule has 1 aromatic heterocycles. The lowest BCUT2D eigenvalue weighted by molar-refractivity contribution is -0.384. The number of aryl methyl sites for hydroxylation is 1. The molecule has 0 N–H and O–H groups in total. The molecule has 0 aliphatic carbocycles. The zero-order valence-electron chi connectivity index (χ0n) is 14.1. The summed E-state index contributed by atoms with van der Waals surface area (Å²) in [6, 6.07) is 12.5. The SMILES string of the molecule is Cc1nn(-c2cccc(Cl)c2)c(Cl)c1C=CC(=O)c1ccc([N+](=O)[O-])cc1. The Morgan fingerprint density at radius 2 is 1.89 bits per heavy atom. The van der Waals surface area contributed by atoms with E-state index < -0.39 is 4.92 Å². The summed E-state index contributed by atoms with van der Waals surface area (Å²) in [4.78, 5) is 22.5. The molecule has 0 amide bonds. The van der Waals surface area contributed by atoms with Crippen molar-refractivity contribution in [1.82, 2.24) is 9.78 Å². The molecule has 27 heavy (non-hydrogen) atoms. The topological polar surface area (TPSA) is 78.0 Å². The standard InChI is InChI=1S/C19H13Cl2N3O3/c1-12-17(19(21)23(22-12)16-4-2-3-14(20)11-16)9-10-18(25)13-5-7-15(8-6-13)24(26)27/h2-11H,1H3. The van der Waals surface area contributed by atoms with E-state index in [0.717, 1.165) is 0 Å². The molecule has 0 spiro atoms. The maximum atomic E-state index is 12.3. The van der Waals surface area contributed by atoms with Crippen molar-refractivity contribution >= 4 is 40.7 Å². The number of halogens is 2. The summed E-state index contributed by atoms with van der Waals surface area (Å²) in [7, 11) is 0. The number of ketones is 1. The number of non-ortho nitro benzene ring substituents is 1. The quantitative estimate of drug-likeness (QED) is 0.251. The number of benzene rings is 2. The smallest absolute Gasteiger partial charge is 0.269 e. The molecule has 0 bridgehead atoms. The van der Waals surface area contributed by atoms with Crippen LogP contribution in [0, 0.1) is 17.0 Å². The zero-order valence-corrected chi connectivity index (χ0v) is 15.6. The Hall–Kier alpha value is -2.96. The Morgan fingerprint density at radius 1 is 1.19 bits per heavy atom. The number of allylic oxidation sites excluding steroid dienone is 1. The highest BCUT2D eigenvalue weighted by Gasteiger charge is 2.14. The van der Waals surface area contributed by atoms with Crippen molar-refractivity contribution in [2.24, 2.45) is 0 Å². The first-order valence-corrected chi connectivity index (χ1v) is 8.60. The van der Waals surface area contributed by atoms with Crippen LogP contribution in [0.2, 0.25) is 10.2 Å². The number of carbonyl (C=O) groups is 1. The van der Waals surface area contributed by atoms with E-state index in [0.29, 0.717) is 32.7 Å². The first kappa shape index (κ1) is 18.8. The van der Waals surface area contributed by atoms with Gasteiger partial charge in [-0.25, -0.2) is 4.68 Å². The summed E-state index contributed by atoms with van der Waals surface area (Å²) < 4.78 is 1.54. The van der Waals surface area contributed by atoms with E-state index in [-0.39, 0.29) is 11.5 Å². The van der Waals surface area contributed by atoms with E-state index in [1.165, 1.54) is 30.3 Å². The van der Waals surface area contributed by atoms with E-state index in [1.807, 2.05) is 6.07 Å². The highest BCUT2D eigenvalue weighted by atomic mass is 35.5. The molecule has 0 aliphatic heterocycles. The van der Waals surface area contributed by atoms with Crippen LogP contribution in [0.1, 0.15) is 21.6 Å². The van der Waals surface area contributed by atoms with Gasteiger partial charge in [0.05, 0.1) is 16.3 Å². The number of rotatable bonds is 5. The Labute approximate surface area is 164 Å². The molecule has 136 valence electrons.